The van der Waals surface area contributed by atoms with Gasteiger partial charge in [-0.1, -0.05) is 15.9 Å². The van der Waals surface area contributed by atoms with Crippen LogP contribution >= 0.6 is 15.9 Å². The van der Waals surface area contributed by atoms with E-state index in [0.29, 0.717) is 0 Å². The molecule has 0 unspecified atom stereocenters. The molecule has 6 heteroatoms. The fraction of sp³-hybridized carbons (Fsp3) is 0. The smallest absolute Gasteiger partial charge is 0.141 e. The average Bonchev–Trinajstić information content (AvgIpc) is 2.95. The zero-order valence-electron chi connectivity index (χ0n) is 10.8. The molecule has 2 aromatic heterocycles. The van der Waals surface area contributed by atoms with E-state index in [1.165, 1.54) is 0 Å². The molecule has 2 N–H and O–H groups in total. The Morgan fingerprint density at radius 1 is 1.05 bits per heavy atom. The molecule has 102 valence electrons. The predicted molar refractivity (Wildman–Crippen MR) is 86.6 cm³/mol. The van der Waals surface area contributed by atoms with E-state index in [1.54, 1.807) is 12.5 Å². The molecule has 4 aromatic rings. The summed E-state index contributed by atoms with van der Waals surface area (Å²) in [5.74, 6) is 0.782. The van der Waals surface area contributed by atoms with Gasteiger partial charge in [-0.05, 0) is 36.4 Å². The second kappa shape index (κ2) is 4.82. The number of nitrogens with zero attached hydrogens (tertiary/aromatic N) is 3. The van der Waals surface area contributed by atoms with E-state index < -0.39 is 0 Å². The Morgan fingerprint density at radius 3 is 2.95 bits per heavy atom. The van der Waals surface area contributed by atoms with Gasteiger partial charge in [0.05, 0.1) is 17.2 Å². The maximum atomic E-state index is 4.34. The van der Waals surface area contributed by atoms with Gasteiger partial charge in [-0.2, -0.15) is 5.10 Å². The highest BCUT2D eigenvalue weighted by atomic mass is 79.9. The van der Waals surface area contributed by atoms with E-state index in [0.717, 1.165) is 37.8 Å². The number of nitrogens with one attached hydrogen (secondary N) is 2. The first-order chi connectivity index (χ1) is 10.3. The van der Waals surface area contributed by atoms with Crippen LogP contribution < -0.4 is 5.32 Å². The number of hydrogen-bond acceptors (Lipinski definition) is 4. The molecule has 4 rings (SSSR count). The average molecular weight is 340 g/mol. The summed E-state index contributed by atoms with van der Waals surface area (Å²) < 4.78 is 0.998. The monoisotopic (exact) mass is 339 g/mol. The van der Waals surface area contributed by atoms with Crippen LogP contribution in [0.1, 0.15) is 0 Å². The van der Waals surface area contributed by atoms with Gasteiger partial charge in [-0.3, -0.25) is 5.10 Å². The van der Waals surface area contributed by atoms with Gasteiger partial charge >= 0.3 is 0 Å². The molecule has 0 amide bonds. The first-order valence-corrected chi connectivity index (χ1v) is 7.19. The van der Waals surface area contributed by atoms with Gasteiger partial charge in [0.2, 0.25) is 0 Å². The second-order valence-electron chi connectivity index (χ2n) is 4.68. The van der Waals surface area contributed by atoms with Gasteiger partial charge in [-0.15, -0.1) is 0 Å². The lowest BCUT2D eigenvalue weighted by Gasteiger charge is -2.08. The number of aromatic nitrogens is 4. The van der Waals surface area contributed by atoms with Gasteiger partial charge in [0.15, 0.2) is 0 Å². The van der Waals surface area contributed by atoms with Crippen molar-refractivity contribution in [1.29, 1.82) is 0 Å². The number of anilines is 2. The van der Waals surface area contributed by atoms with Gasteiger partial charge in [0.25, 0.3) is 0 Å². The highest BCUT2D eigenvalue weighted by molar-refractivity contribution is 9.10. The normalized spacial score (nSPS) is 11.1. The summed E-state index contributed by atoms with van der Waals surface area (Å²) in [4.78, 5) is 8.62. The van der Waals surface area contributed by atoms with Crippen LogP contribution in [0.5, 0.6) is 0 Å². The van der Waals surface area contributed by atoms with Crippen molar-refractivity contribution in [3.05, 3.63) is 53.4 Å². The van der Waals surface area contributed by atoms with E-state index in [-0.39, 0.29) is 0 Å². The van der Waals surface area contributed by atoms with Crippen LogP contribution in [-0.4, -0.2) is 20.2 Å². The van der Waals surface area contributed by atoms with Crippen molar-refractivity contribution in [2.45, 2.75) is 0 Å². The molecule has 0 aliphatic heterocycles. The van der Waals surface area contributed by atoms with Crippen LogP contribution in [0.2, 0.25) is 0 Å². The predicted octanol–water partition coefficient (Wildman–Crippen LogP) is 4.01. The fourth-order valence-corrected chi connectivity index (χ4v) is 2.65. The molecule has 0 saturated heterocycles. The Kier molecular flexibility index (Phi) is 2.82. The topological polar surface area (TPSA) is 66.5 Å². The molecule has 0 aliphatic carbocycles. The van der Waals surface area contributed by atoms with Crippen LogP contribution in [0.15, 0.2) is 53.4 Å². The molecule has 2 heterocycles. The lowest BCUT2D eigenvalue weighted by molar-refractivity contribution is 1.12. The van der Waals surface area contributed by atoms with Crippen molar-refractivity contribution < 1.29 is 0 Å². The maximum absolute atomic E-state index is 4.34. The highest BCUT2D eigenvalue weighted by Crippen LogP contribution is 2.27. The summed E-state index contributed by atoms with van der Waals surface area (Å²) in [5, 5.41) is 12.3. The number of H-pyrrole nitrogens is 1. The van der Waals surface area contributed by atoms with Gasteiger partial charge in [-0.25, -0.2) is 9.97 Å². The summed E-state index contributed by atoms with van der Waals surface area (Å²) in [7, 11) is 0. The fourth-order valence-electron chi connectivity index (χ4n) is 2.29. The van der Waals surface area contributed by atoms with Crippen LogP contribution in [-0.2, 0) is 0 Å². The zero-order chi connectivity index (χ0) is 14.2. The van der Waals surface area contributed by atoms with E-state index in [1.807, 2.05) is 36.4 Å². The minimum absolute atomic E-state index is 0.782. The van der Waals surface area contributed by atoms with Crippen LogP contribution in [0.25, 0.3) is 21.8 Å². The first-order valence-electron chi connectivity index (χ1n) is 6.40. The number of rotatable bonds is 2. The SMILES string of the molecule is Brc1ccc2ncnc(Nc3ccc4[nH]ncc4c3)c2c1. The van der Waals surface area contributed by atoms with Crippen molar-refractivity contribution in [1.82, 2.24) is 20.2 Å². The summed E-state index contributed by atoms with van der Waals surface area (Å²) in [5.41, 5.74) is 2.87. The number of fused-ring (bicyclic) bond motifs is 2. The molecule has 0 saturated carbocycles. The third-order valence-electron chi connectivity index (χ3n) is 3.30. The number of aromatic amines is 1. The zero-order valence-corrected chi connectivity index (χ0v) is 12.4. The molecule has 0 radical (unpaired) electrons. The van der Waals surface area contributed by atoms with Crippen molar-refractivity contribution in [2.75, 3.05) is 5.32 Å². The quantitative estimate of drug-likeness (QED) is 0.579. The largest absolute Gasteiger partial charge is 0.340 e. The Hall–Kier alpha value is -2.47. The number of halogens is 1. The standard InChI is InChI=1S/C15H10BrN5/c16-10-1-3-14-12(6-10)15(18-8-17-14)20-11-2-4-13-9(5-11)7-19-21-13/h1-8H,(H,19,21)(H,17,18,20). The van der Waals surface area contributed by atoms with Crippen molar-refractivity contribution in [2.24, 2.45) is 0 Å². The molecule has 0 bridgehead atoms. The van der Waals surface area contributed by atoms with Gasteiger partial charge in [0.1, 0.15) is 12.1 Å². The molecule has 5 nitrogen and oxygen atoms in total. The van der Waals surface area contributed by atoms with Crippen molar-refractivity contribution >= 4 is 49.2 Å². The van der Waals surface area contributed by atoms with E-state index in [2.05, 4.69) is 41.4 Å². The number of benzene rings is 2. The molecule has 0 spiro atoms. The maximum Gasteiger partial charge on any atom is 0.141 e. The first kappa shape index (κ1) is 12.3. The van der Waals surface area contributed by atoms with Crippen LogP contribution in [0, 0.1) is 0 Å². The van der Waals surface area contributed by atoms with E-state index in [4.69, 9.17) is 0 Å². The molecule has 0 aliphatic rings. The summed E-state index contributed by atoms with van der Waals surface area (Å²) >= 11 is 3.48. The summed E-state index contributed by atoms with van der Waals surface area (Å²) in [6.07, 6.45) is 3.37. The van der Waals surface area contributed by atoms with Crippen molar-refractivity contribution in [3.8, 4) is 0 Å². The number of hydrogen-bond donors (Lipinski definition) is 2. The third-order valence-corrected chi connectivity index (χ3v) is 3.79. The Bertz CT molecular complexity index is 947. The molecule has 0 fully saturated rings. The minimum Gasteiger partial charge on any atom is -0.340 e. The Morgan fingerprint density at radius 2 is 2.00 bits per heavy atom. The Balaban J connectivity index is 1.81. The van der Waals surface area contributed by atoms with Gasteiger partial charge in [0, 0.05) is 20.9 Å². The summed E-state index contributed by atoms with van der Waals surface area (Å²) in [6, 6.07) is 12.0. The molecule has 2 aromatic carbocycles. The van der Waals surface area contributed by atoms with Crippen molar-refractivity contribution in [3.63, 3.8) is 0 Å². The van der Waals surface area contributed by atoms with Crippen LogP contribution in [0.4, 0.5) is 11.5 Å². The van der Waals surface area contributed by atoms with Crippen LogP contribution in [0.3, 0.4) is 0 Å². The van der Waals surface area contributed by atoms with Gasteiger partial charge < -0.3 is 5.32 Å². The second-order valence-corrected chi connectivity index (χ2v) is 5.60. The van der Waals surface area contributed by atoms with E-state index in [9.17, 15) is 0 Å². The summed E-state index contributed by atoms with van der Waals surface area (Å²) in [6.45, 7) is 0. The lowest BCUT2D eigenvalue weighted by atomic mass is 10.2. The minimum atomic E-state index is 0.782. The molecular weight excluding hydrogens is 330 g/mol. The molecule has 21 heavy (non-hydrogen) atoms. The lowest BCUT2D eigenvalue weighted by Crippen LogP contribution is -1.95. The Labute approximate surface area is 128 Å². The third kappa shape index (κ3) is 2.23. The molecular formula is C15H10BrN5. The van der Waals surface area contributed by atoms with E-state index >= 15 is 0 Å². The molecule has 0 atom stereocenters. The highest BCUT2D eigenvalue weighted by Gasteiger charge is 2.05.